The van der Waals surface area contributed by atoms with E-state index in [2.05, 4.69) is 10.4 Å². The fraction of sp³-hybridized carbons (Fsp3) is 0.667. The van der Waals surface area contributed by atoms with E-state index < -0.39 is 0 Å². The van der Waals surface area contributed by atoms with Crippen LogP contribution >= 0.6 is 11.6 Å². The van der Waals surface area contributed by atoms with Gasteiger partial charge in [0.05, 0.1) is 30.5 Å². The molecule has 0 bridgehead atoms. The van der Waals surface area contributed by atoms with Crippen LogP contribution in [-0.2, 0) is 20.8 Å². The Morgan fingerprint density at radius 3 is 3.26 bits per heavy atom. The number of ether oxygens (including phenoxy) is 2. The molecule has 0 saturated carbocycles. The van der Waals surface area contributed by atoms with Crippen LogP contribution in [0.3, 0.4) is 0 Å². The van der Waals surface area contributed by atoms with Crippen molar-refractivity contribution in [3.05, 3.63) is 17.4 Å². The van der Waals surface area contributed by atoms with Crippen molar-refractivity contribution in [1.29, 1.82) is 0 Å². The van der Waals surface area contributed by atoms with Gasteiger partial charge in [0.15, 0.2) is 0 Å². The molecule has 1 aliphatic heterocycles. The first-order valence-corrected chi connectivity index (χ1v) is 6.76. The lowest BCUT2D eigenvalue weighted by atomic mass is 10.2. The Labute approximate surface area is 117 Å². The number of nitrogens with one attached hydrogen (secondary N) is 1. The third-order valence-corrected chi connectivity index (χ3v) is 3.02. The third kappa shape index (κ3) is 5.18. The van der Waals surface area contributed by atoms with Crippen molar-refractivity contribution in [3.8, 4) is 0 Å². The van der Waals surface area contributed by atoms with E-state index in [-0.39, 0.29) is 18.6 Å². The molecule has 0 spiro atoms. The Kier molecular flexibility index (Phi) is 5.62. The molecule has 1 N–H and O–H groups in total. The average Bonchev–Trinajstić information content (AvgIpc) is 3.01. The molecule has 7 heteroatoms. The number of hydrogen-bond donors (Lipinski definition) is 1. The Morgan fingerprint density at radius 2 is 2.58 bits per heavy atom. The maximum Gasteiger partial charge on any atom is 0.246 e. The van der Waals surface area contributed by atoms with Gasteiger partial charge in [0, 0.05) is 19.3 Å². The highest BCUT2D eigenvalue weighted by molar-refractivity contribution is 6.30. The molecule has 2 rings (SSSR count). The number of nitrogens with zero attached hydrogens (tertiary/aromatic N) is 2. The molecule has 1 fully saturated rings. The van der Waals surface area contributed by atoms with Gasteiger partial charge in [-0.2, -0.15) is 5.10 Å². The summed E-state index contributed by atoms with van der Waals surface area (Å²) in [5, 5.41) is 7.36. The minimum Gasteiger partial charge on any atom is -0.376 e. The first-order chi connectivity index (χ1) is 9.24. The molecule has 1 aromatic rings. The lowest BCUT2D eigenvalue weighted by molar-refractivity contribution is -0.126. The van der Waals surface area contributed by atoms with E-state index in [1.54, 1.807) is 17.1 Å². The fourth-order valence-electron chi connectivity index (χ4n) is 1.88. The summed E-state index contributed by atoms with van der Waals surface area (Å²) in [6, 6.07) is 0. The number of rotatable bonds is 7. The van der Waals surface area contributed by atoms with E-state index in [4.69, 9.17) is 21.1 Å². The van der Waals surface area contributed by atoms with Crippen molar-refractivity contribution >= 4 is 17.5 Å². The molecule has 1 saturated heterocycles. The molecular formula is C12H18ClN3O3. The molecule has 0 radical (unpaired) electrons. The number of amides is 1. The molecule has 6 nitrogen and oxygen atoms in total. The lowest BCUT2D eigenvalue weighted by Gasteiger charge is -2.10. The number of halogens is 1. The van der Waals surface area contributed by atoms with Crippen LogP contribution in [0, 0.1) is 0 Å². The second kappa shape index (κ2) is 7.47. The van der Waals surface area contributed by atoms with Crippen molar-refractivity contribution in [2.75, 3.05) is 26.4 Å². The molecule has 0 unspecified atom stereocenters. The van der Waals surface area contributed by atoms with Gasteiger partial charge in [0.25, 0.3) is 0 Å². The normalized spacial score (nSPS) is 18.7. The topological polar surface area (TPSA) is 65.4 Å². The Hall–Kier alpha value is -1.11. The number of carbonyl (C=O) groups is 1. The van der Waals surface area contributed by atoms with Gasteiger partial charge < -0.3 is 14.8 Å². The van der Waals surface area contributed by atoms with Crippen LogP contribution in [0.4, 0.5) is 0 Å². The molecule has 19 heavy (non-hydrogen) atoms. The van der Waals surface area contributed by atoms with Crippen LogP contribution in [0.15, 0.2) is 12.4 Å². The zero-order valence-electron chi connectivity index (χ0n) is 10.7. The number of aromatic nitrogens is 2. The highest BCUT2D eigenvalue weighted by Gasteiger charge is 2.15. The molecule has 1 aromatic heterocycles. The fourth-order valence-corrected chi connectivity index (χ4v) is 2.04. The molecule has 2 heterocycles. The first kappa shape index (κ1) is 14.3. The summed E-state index contributed by atoms with van der Waals surface area (Å²) >= 11 is 5.73. The van der Waals surface area contributed by atoms with Crippen molar-refractivity contribution in [2.45, 2.75) is 25.5 Å². The minimum atomic E-state index is -0.128. The van der Waals surface area contributed by atoms with Crippen LogP contribution in [0.25, 0.3) is 0 Å². The summed E-state index contributed by atoms with van der Waals surface area (Å²) in [5.74, 6) is -0.128. The van der Waals surface area contributed by atoms with Crippen molar-refractivity contribution in [1.82, 2.24) is 15.1 Å². The maximum absolute atomic E-state index is 11.5. The SMILES string of the molecule is O=C(COC[C@@H]1CCCO1)NCCn1cc(Cl)cn1. The lowest BCUT2D eigenvalue weighted by Crippen LogP contribution is -2.31. The Morgan fingerprint density at radius 1 is 1.68 bits per heavy atom. The standard InChI is InChI=1S/C12H18ClN3O3/c13-10-6-15-16(7-10)4-3-14-12(17)9-18-8-11-2-1-5-19-11/h6-7,11H,1-5,8-9H2,(H,14,17)/t11-/m0/s1. The zero-order valence-corrected chi connectivity index (χ0v) is 11.4. The monoisotopic (exact) mass is 287 g/mol. The van der Waals surface area contributed by atoms with Crippen LogP contribution in [-0.4, -0.2) is 48.2 Å². The first-order valence-electron chi connectivity index (χ1n) is 6.38. The quantitative estimate of drug-likeness (QED) is 0.807. The largest absolute Gasteiger partial charge is 0.376 e. The Balaban J connectivity index is 1.52. The number of hydrogen-bond acceptors (Lipinski definition) is 4. The Bertz CT molecular complexity index is 405. The van der Waals surface area contributed by atoms with Gasteiger partial charge >= 0.3 is 0 Å². The van der Waals surface area contributed by atoms with Gasteiger partial charge in [-0.25, -0.2) is 0 Å². The van der Waals surface area contributed by atoms with Gasteiger partial charge in [0.2, 0.25) is 5.91 Å². The van der Waals surface area contributed by atoms with Crippen LogP contribution in [0.5, 0.6) is 0 Å². The molecule has 1 atom stereocenters. The summed E-state index contributed by atoms with van der Waals surface area (Å²) in [5.41, 5.74) is 0. The minimum absolute atomic E-state index is 0.0692. The van der Waals surface area contributed by atoms with E-state index >= 15 is 0 Å². The summed E-state index contributed by atoms with van der Waals surface area (Å²) < 4.78 is 12.4. The van der Waals surface area contributed by atoms with E-state index in [9.17, 15) is 4.79 Å². The second-order valence-electron chi connectivity index (χ2n) is 4.42. The predicted octanol–water partition coefficient (Wildman–Crippen LogP) is 0.848. The van der Waals surface area contributed by atoms with E-state index in [0.29, 0.717) is 24.7 Å². The van der Waals surface area contributed by atoms with Gasteiger partial charge in [-0.1, -0.05) is 11.6 Å². The van der Waals surface area contributed by atoms with Gasteiger partial charge in [-0.15, -0.1) is 0 Å². The van der Waals surface area contributed by atoms with Crippen LogP contribution < -0.4 is 5.32 Å². The molecule has 106 valence electrons. The zero-order chi connectivity index (χ0) is 13.5. The summed E-state index contributed by atoms with van der Waals surface area (Å²) in [6.07, 6.45) is 5.52. The van der Waals surface area contributed by atoms with E-state index in [1.807, 2.05) is 0 Å². The van der Waals surface area contributed by atoms with Crippen molar-refractivity contribution in [3.63, 3.8) is 0 Å². The molecule has 1 aliphatic rings. The highest BCUT2D eigenvalue weighted by atomic mass is 35.5. The smallest absolute Gasteiger partial charge is 0.246 e. The van der Waals surface area contributed by atoms with E-state index in [1.165, 1.54) is 0 Å². The van der Waals surface area contributed by atoms with Gasteiger partial charge in [0.1, 0.15) is 6.61 Å². The highest BCUT2D eigenvalue weighted by Crippen LogP contribution is 2.11. The number of carbonyl (C=O) groups excluding carboxylic acids is 1. The summed E-state index contributed by atoms with van der Waals surface area (Å²) in [4.78, 5) is 11.5. The van der Waals surface area contributed by atoms with Crippen LogP contribution in [0.1, 0.15) is 12.8 Å². The van der Waals surface area contributed by atoms with Crippen molar-refractivity contribution in [2.24, 2.45) is 0 Å². The van der Waals surface area contributed by atoms with E-state index in [0.717, 1.165) is 19.4 Å². The van der Waals surface area contributed by atoms with Crippen LogP contribution in [0.2, 0.25) is 5.02 Å². The molecule has 1 amide bonds. The average molecular weight is 288 g/mol. The summed E-state index contributed by atoms with van der Waals surface area (Å²) in [6.45, 7) is 2.44. The molecular weight excluding hydrogens is 270 g/mol. The molecule has 0 aromatic carbocycles. The maximum atomic E-state index is 11.5. The third-order valence-electron chi connectivity index (χ3n) is 2.83. The van der Waals surface area contributed by atoms with Gasteiger partial charge in [-0.05, 0) is 12.8 Å². The second-order valence-corrected chi connectivity index (χ2v) is 4.86. The van der Waals surface area contributed by atoms with Crippen molar-refractivity contribution < 1.29 is 14.3 Å². The molecule has 0 aliphatic carbocycles. The van der Waals surface area contributed by atoms with Gasteiger partial charge in [-0.3, -0.25) is 9.48 Å². The predicted molar refractivity (Wildman–Crippen MR) is 70.0 cm³/mol. The summed E-state index contributed by atoms with van der Waals surface area (Å²) in [7, 11) is 0.